The first kappa shape index (κ1) is 24.5. The summed E-state index contributed by atoms with van der Waals surface area (Å²) in [6.45, 7) is 11.5. The van der Waals surface area contributed by atoms with Crippen molar-refractivity contribution in [2.24, 2.45) is 0 Å². The van der Waals surface area contributed by atoms with Crippen LogP contribution in [0.4, 0.5) is 0 Å². The molecule has 0 aliphatic carbocycles. The van der Waals surface area contributed by atoms with Gasteiger partial charge in [-0.1, -0.05) is 35.0 Å². The number of carbonyl (C=O) groups is 1. The summed E-state index contributed by atoms with van der Waals surface area (Å²) < 4.78 is 13.0. The van der Waals surface area contributed by atoms with E-state index in [4.69, 9.17) is 25.8 Å². The Kier molecular flexibility index (Phi) is 6.34. The maximum Gasteiger partial charge on any atom is 0.320 e. The molecule has 0 spiro atoms. The fraction of sp³-hybridized carbons (Fsp3) is 0.407. The van der Waals surface area contributed by atoms with Crippen LogP contribution in [0.15, 0.2) is 40.9 Å². The molecule has 188 valence electrons. The van der Waals surface area contributed by atoms with Gasteiger partial charge in [0, 0.05) is 35.6 Å². The average molecular weight is 508 g/mol. The molecule has 0 bridgehead atoms. The van der Waals surface area contributed by atoms with Crippen molar-refractivity contribution < 1.29 is 14.1 Å². The lowest BCUT2D eigenvalue weighted by Crippen LogP contribution is -2.38. The number of nitrogens with zero attached hydrogens (tertiary/aromatic N) is 5. The lowest BCUT2D eigenvalue weighted by atomic mass is 9.94. The zero-order valence-corrected chi connectivity index (χ0v) is 22.0. The molecule has 8 nitrogen and oxygen atoms in total. The van der Waals surface area contributed by atoms with Crippen molar-refractivity contribution in [3.05, 3.63) is 52.7 Å². The molecule has 3 heterocycles. The number of rotatable bonds is 5. The van der Waals surface area contributed by atoms with Crippen LogP contribution >= 0.6 is 11.6 Å². The first-order valence-electron chi connectivity index (χ1n) is 12.2. The number of fused-ring (bicyclic) bond motifs is 2. The Morgan fingerprint density at radius 3 is 2.78 bits per heavy atom. The molecule has 0 saturated carbocycles. The summed E-state index contributed by atoms with van der Waals surface area (Å²) in [5.41, 5.74) is 4.56. The van der Waals surface area contributed by atoms with Crippen molar-refractivity contribution in [2.75, 3.05) is 13.1 Å². The molecular formula is C27H30ClN5O3. The third-order valence-corrected chi connectivity index (χ3v) is 6.46. The number of ether oxygens (including phenoxy) is 1. The molecule has 36 heavy (non-hydrogen) atoms. The normalized spacial score (nSPS) is 14.4. The van der Waals surface area contributed by atoms with E-state index in [-0.39, 0.29) is 18.6 Å². The van der Waals surface area contributed by atoms with Gasteiger partial charge >= 0.3 is 5.97 Å². The van der Waals surface area contributed by atoms with E-state index in [2.05, 4.69) is 35.1 Å². The van der Waals surface area contributed by atoms with Gasteiger partial charge in [0.2, 0.25) is 5.82 Å². The van der Waals surface area contributed by atoms with Crippen LogP contribution in [0.5, 0.6) is 0 Å². The van der Waals surface area contributed by atoms with Crippen LogP contribution in [0.3, 0.4) is 0 Å². The second-order valence-corrected chi connectivity index (χ2v) is 10.8. The lowest BCUT2D eigenvalue weighted by molar-refractivity contribution is -0.156. The number of hydrogen-bond acceptors (Lipinski definition) is 7. The molecule has 0 fully saturated rings. The van der Waals surface area contributed by atoms with E-state index in [0.29, 0.717) is 23.4 Å². The minimum Gasteiger partial charge on any atom is -0.459 e. The van der Waals surface area contributed by atoms with Crippen LogP contribution in [0.2, 0.25) is 5.15 Å². The molecule has 9 heteroatoms. The Morgan fingerprint density at radius 1 is 1.22 bits per heavy atom. The van der Waals surface area contributed by atoms with Gasteiger partial charge in [0.1, 0.15) is 5.60 Å². The van der Waals surface area contributed by atoms with Crippen LogP contribution < -0.4 is 0 Å². The van der Waals surface area contributed by atoms with Crippen molar-refractivity contribution in [1.82, 2.24) is 24.8 Å². The summed E-state index contributed by atoms with van der Waals surface area (Å²) in [4.78, 5) is 19.1. The SMILES string of the molecule is CC(C)n1nc(Cl)c2cc(-c3nc(-c4cccc5c4CCN(CC(=O)OC(C)(C)C)C5)no3)ccc21. The molecule has 1 aliphatic rings. The lowest BCUT2D eigenvalue weighted by Gasteiger charge is -2.30. The smallest absolute Gasteiger partial charge is 0.320 e. The number of carbonyl (C=O) groups excluding carboxylic acids is 1. The van der Waals surface area contributed by atoms with Gasteiger partial charge in [-0.15, -0.1) is 0 Å². The summed E-state index contributed by atoms with van der Waals surface area (Å²) in [6, 6.07) is 12.2. The van der Waals surface area contributed by atoms with Crippen molar-refractivity contribution in [2.45, 2.75) is 59.2 Å². The molecule has 0 atom stereocenters. The monoisotopic (exact) mass is 507 g/mol. The first-order valence-corrected chi connectivity index (χ1v) is 12.5. The van der Waals surface area contributed by atoms with Crippen molar-refractivity contribution >= 4 is 28.5 Å². The summed E-state index contributed by atoms with van der Waals surface area (Å²) in [5.74, 6) is 0.771. The van der Waals surface area contributed by atoms with Crippen molar-refractivity contribution in [3.8, 4) is 22.8 Å². The topological polar surface area (TPSA) is 86.3 Å². The molecule has 5 rings (SSSR count). The van der Waals surface area contributed by atoms with E-state index < -0.39 is 5.60 Å². The van der Waals surface area contributed by atoms with E-state index in [1.54, 1.807) is 0 Å². The predicted octanol–water partition coefficient (Wildman–Crippen LogP) is 5.69. The van der Waals surface area contributed by atoms with Gasteiger partial charge in [0.05, 0.1) is 12.1 Å². The molecule has 4 aromatic rings. The van der Waals surface area contributed by atoms with Crippen LogP contribution in [-0.4, -0.2) is 49.5 Å². The molecule has 2 aromatic heterocycles. The van der Waals surface area contributed by atoms with E-state index in [1.165, 1.54) is 5.56 Å². The quantitative estimate of drug-likeness (QED) is 0.321. The highest BCUT2D eigenvalue weighted by atomic mass is 35.5. The third-order valence-electron chi connectivity index (χ3n) is 6.18. The average Bonchev–Trinajstić information content (AvgIpc) is 3.42. The Morgan fingerprint density at radius 2 is 2.03 bits per heavy atom. The van der Waals surface area contributed by atoms with Crippen LogP contribution in [-0.2, 0) is 22.5 Å². The number of hydrogen-bond donors (Lipinski definition) is 0. The van der Waals surface area contributed by atoms with Crippen molar-refractivity contribution in [1.29, 1.82) is 0 Å². The van der Waals surface area contributed by atoms with E-state index in [1.807, 2.05) is 55.8 Å². The summed E-state index contributed by atoms with van der Waals surface area (Å²) in [7, 11) is 0. The van der Waals surface area contributed by atoms with Crippen molar-refractivity contribution in [3.63, 3.8) is 0 Å². The number of halogens is 1. The maximum atomic E-state index is 12.3. The molecule has 0 unspecified atom stereocenters. The summed E-state index contributed by atoms with van der Waals surface area (Å²) in [5, 5.41) is 10.0. The predicted molar refractivity (Wildman–Crippen MR) is 139 cm³/mol. The number of aromatic nitrogens is 4. The van der Waals surface area contributed by atoms with E-state index in [9.17, 15) is 4.79 Å². The van der Waals surface area contributed by atoms with Gasteiger partial charge in [-0.3, -0.25) is 14.4 Å². The highest BCUT2D eigenvalue weighted by molar-refractivity contribution is 6.34. The number of benzene rings is 2. The second kappa shape index (κ2) is 9.33. The highest BCUT2D eigenvalue weighted by Gasteiger charge is 2.25. The molecule has 1 aliphatic heterocycles. The Bertz CT molecular complexity index is 1430. The minimum atomic E-state index is -0.487. The highest BCUT2D eigenvalue weighted by Crippen LogP contribution is 2.33. The standard InChI is InChI=1S/C27H30ClN5O3/c1-16(2)33-22-10-9-17(13-21(22)24(28)30-33)26-29-25(31-36-26)20-8-6-7-18-14-32(12-11-19(18)20)15-23(34)35-27(3,4)5/h6-10,13,16H,11-12,14-15H2,1-5H3. The third kappa shape index (κ3) is 4.88. The van der Waals surface area contributed by atoms with Gasteiger partial charge in [-0.2, -0.15) is 10.1 Å². The van der Waals surface area contributed by atoms with Gasteiger partial charge in [-0.25, -0.2) is 0 Å². The zero-order valence-electron chi connectivity index (χ0n) is 21.2. The second-order valence-electron chi connectivity index (χ2n) is 10.5. The Hall–Kier alpha value is -3.23. The molecule has 0 saturated heterocycles. The Labute approximate surface area is 215 Å². The fourth-order valence-electron chi connectivity index (χ4n) is 4.65. The fourth-order valence-corrected chi connectivity index (χ4v) is 4.88. The summed E-state index contributed by atoms with van der Waals surface area (Å²) >= 11 is 6.40. The molecule has 2 aromatic carbocycles. The zero-order chi connectivity index (χ0) is 25.6. The molecule has 0 radical (unpaired) electrons. The minimum absolute atomic E-state index is 0.199. The van der Waals surface area contributed by atoms with Crippen LogP contribution in [0.25, 0.3) is 33.7 Å². The molecular weight excluding hydrogens is 478 g/mol. The van der Waals surface area contributed by atoms with Gasteiger partial charge < -0.3 is 9.26 Å². The van der Waals surface area contributed by atoms with E-state index >= 15 is 0 Å². The largest absolute Gasteiger partial charge is 0.459 e. The van der Waals surface area contributed by atoms with Gasteiger partial charge in [-0.05, 0) is 70.4 Å². The van der Waals surface area contributed by atoms with Crippen LogP contribution in [0, 0.1) is 0 Å². The molecule has 0 amide bonds. The number of esters is 1. The molecule has 0 N–H and O–H groups in total. The van der Waals surface area contributed by atoms with Gasteiger partial charge in [0.25, 0.3) is 5.89 Å². The first-order chi connectivity index (χ1) is 17.1. The van der Waals surface area contributed by atoms with Crippen LogP contribution in [0.1, 0.15) is 51.8 Å². The maximum absolute atomic E-state index is 12.3. The van der Waals surface area contributed by atoms with E-state index in [0.717, 1.165) is 40.6 Å². The Balaban J connectivity index is 1.38. The summed E-state index contributed by atoms with van der Waals surface area (Å²) in [6.07, 6.45) is 0.786. The van der Waals surface area contributed by atoms with Gasteiger partial charge in [0.15, 0.2) is 5.15 Å².